The van der Waals surface area contributed by atoms with Crippen LogP contribution in [0.25, 0.3) is 0 Å². The highest BCUT2D eigenvalue weighted by Gasteiger charge is 2.29. The van der Waals surface area contributed by atoms with Crippen molar-refractivity contribution in [2.24, 2.45) is 5.92 Å². The normalized spacial score (nSPS) is 20.9. The number of hydrogen-bond donors (Lipinski definition) is 1. The van der Waals surface area contributed by atoms with Crippen molar-refractivity contribution in [3.05, 3.63) is 30.4 Å². The van der Waals surface area contributed by atoms with Crippen LogP contribution in [0.5, 0.6) is 5.75 Å². The van der Waals surface area contributed by atoms with E-state index >= 15 is 0 Å². The summed E-state index contributed by atoms with van der Waals surface area (Å²) in [7, 11) is -2.29. The lowest BCUT2D eigenvalue weighted by molar-refractivity contribution is -0.116. The van der Waals surface area contributed by atoms with Crippen LogP contribution in [0.4, 0.5) is 5.69 Å². The average molecular weight is 380 g/mol. The Bertz CT molecular complexity index is 785. The van der Waals surface area contributed by atoms with Gasteiger partial charge in [-0.2, -0.15) is 4.31 Å². The van der Waals surface area contributed by atoms with E-state index in [0.717, 1.165) is 12.8 Å². The molecular formula is C18H24N2O5S. The lowest BCUT2D eigenvalue weighted by Crippen LogP contribution is -2.40. The number of benzene rings is 1. The fourth-order valence-electron chi connectivity index (χ4n) is 3.20. The number of ether oxygens (including phenoxy) is 2. The highest BCUT2D eigenvalue weighted by Crippen LogP contribution is 2.30. The van der Waals surface area contributed by atoms with Crippen molar-refractivity contribution >= 4 is 21.6 Å². The first-order chi connectivity index (χ1) is 12.5. The van der Waals surface area contributed by atoms with Gasteiger partial charge < -0.3 is 14.8 Å². The lowest BCUT2D eigenvalue weighted by atomic mass is 10.1. The van der Waals surface area contributed by atoms with Crippen molar-refractivity contribution < 1.29 is 22.7 Å². The maximum Gasteiger partial charge on any atom is 0.246 e. The van der Waals surface area contributed by atoms with Gasteiger partial charge in [-0.15, -0.1) is 0 Å². The van der Waals surface area contributed by atoms with Gasteiger partial charge in [-0.05, 0) is 37.0 Å². The van der Waals surface area contributed by atoms with E-state index in [-0.39, 0.29) is 22.5 Å². The molecule has 1 heterocycles. The number of carbonyl (C=O) groups is 1. The molecule has 0 radical (unpaired) electrons. The first-order valence-corrected chi connectivity index (χ1v) is 10.2. The van der Waals surface area contributed by atoms with Gasteiger partial charge in [-0.3, -0.25) is 4.79 Å². The highest BCUT2D eigenvalue weighted by atomic mass is 32.2. The maximum absolute atomic E-state index is 13.0. The van der Waals surface area contributed by atoms with E-state index in [4.69, 9.17) is 9.47 Å². The number of hydrogen-bond acceptors (Lipinski definition) is 5. The highest BCUT2D eigenvalue weighted by molar-refractivity contribution is 7.89. The van der Waals surface area contributed by atoms with Gasteiger partial charge in [-0.25, -0.2) is 8.42 Å². The Morgan fingerprint density at radius 2 is 2.12 bits per heavy atom. The van der Waals surface area contributed by atoms with Crippen LogP contribution in [0.1, 0.15) is 19.3 Å². The second-order valence-electron chi connectivity index (χ2n) is 6.40. The number of sulfonamides is 1. The first kappa shape index (κ1) is 18.9. The largest absolute Gasteiger partial charge is 0.495 e. The predicted molar refractivity (Wildman–Crippen MR) is 97.7 cm³/mol. The lowest BCUT2D eigenvalue weighted by Gasteiger charge is -2.26. The average Bonchev–Trinajstić information content (AvgIpc) is 3.15. The number of amides is 1. The van der Waals surface area contributed by atoms with Gasteiger partial charge in [0.2, 0.25) is 15.9 Å². The van der Waals surface area contributed by atoms with Crippen molar-refractivity contribution in [1.82, 2.24) is 4.31 Å². The molecule has 0 aromatic heterocycles. The summed E-state index contributed by atoms with van der Waals surface area (Å²) >= 11 is 0. The number of methoxy groups -OCH3 is 1. The number of rotatable bonds is 6. The molecule has 1 fully saturated rings. The van der Waals surface area contributed by atoms with Gasteiger partial charge in [0.05, 0.1) is 20.3 Å². The van der Waals surface area contributed by atoms with Crippen molar-refractivity contribution in [1.29, 1.82) is 0 Å². The van der Waals surface area contributed by atoms with Gasteiger partial charge in [0, 0.05) is 25.2 Å². The summed E-state index contributed by atoms with van der Waals surface area (Å²) in [4.78, 5) is 12.3. The van der Waals surface area contributed by atoms with Crippen LogP contribution in [0.15, 0.2) is 35.2 Å². The van der Waals surface area contributed by atoms with Crippen LogP contribution in [0.3, 0.4) is 0 Å². The minimum atomic E-state index is -3.72. The fourth-order valence-corrected chi connectivity index (χ4v) is 4.79. The van der Waals surface area contributed by atoms with Crippen LogP contribution in [-0.2, 0) is 19.6 Å². The molecule has 1 atom stereocenters. The van der Waals surface area contributed by atoms with Gasteiger partial charge in [-0.1, -0.05) is 12.2 Å². The Hall–Kier alpha value is -1.90. The zero-order valence-corrected chi connectivity index (χ0v) is 15.6. The number of nitrogens with one attached hydrogen (secondary N) is 1. The molecule has 8 heteroatoms. The van der Waals surface area contributed by atoms with Crippen LogP contribution in [-0.4, -0.2) is 52.0 Å². The maximum atomic E-state index is 13.0. The molecule has 0 unspecified atom stereocenters. The van der Waals surface area contributed by atoms with Crippen LogP contribution < -0.4 is 10.1 Å². The number of nitrogens with zero attached hydrogens (tertiary/aromatic N) is 1. The van der Waals surface area contributed by atoms with Crippen LogP contribution in [0, 0.1) is 5.92 Å². The van der Waals surface area contributed by atoms with E-state index in [1.54, 1.807) is 12.1 Å². The predicted octanol–water partition coefficient (Wildman–Crippen LogP) is 2.01. The smallest absolute Gasteiger partial charge is 0.246 e. The van der Waals surface area contributed by atoms with E-state index in [1.807, 2.05) is 0 Å². The monoisotopic (exact) mass is 380 g/mol. The zero-order valence-electron chi connectivity index (χ0n) is 14.8. The van der Waals surface area contributed by atoms with Crippen molar-refractivity contribution in [2.45, 2.75) is 24.2 Å². The topological polar surface area (TPSA) is 84.9 Å². The summed E-state index contributed by atoms with van der Waals surface area (Å²) in [6.07, 6.45) is 6.52. The minimum absolute atomic E-state index is 0.0560. The third-order valence-corrected chi connectivity index (χ3v) is 6.52. The molecule has 2 aliphatic rings. The standard InChI is InChI=1S/C18H24N2O5S/c1-24-16-7-6-15(19-18(21)12-14-4-2-3-5-14)13-17(16)26(22,23)20-8-10-25-11-9-20/h2,4,6-7,13-14H,3,5,8-12H2,1H3,(H,19,21)/t14-/m1/s1. The van der Waals surface area contributed by atoms with Gasteiger partial charge >= 0.3 is 0 Å². The Balaban J connectivity index is 1.79. The van der Waals surface area contributed by atoms with Crippen molar-refractivity contribution in [2.75, 3.05) is 38.7 Å². The number of anilines is 1. The molecular weight excluding hydrogens is 356 g/mol. The molecule has 1 aliphatic carbocycles. The first-order valence-electron chi connectivity index (χ1n) is 8.73. The van der Waals surface area contributed by atoms with Crippen LogP contribution in [0.2, 0.25) is 0 Å². The van der Waals surface area contributed by atoms with Crippen molar-refractivity contribution in [3.63, 3.8) is 0 Å². The van der Waals surface area contributed by atoms with E-state index in [2.05, 4.69) is 17.5 Å². The van der Waals surface area contributed by atoms with Gasteiger partial charge in [0.1, 0.15) is 10.6 Å². The summed E-state index contributed by atoms with van der Waals surface area (Å²) in [5, 5.41) is 2.80. The molecule has 1 amide bonds. The number of carbonyl (C=O) groups excluding carboxylic acids is 1. The van der Waals surface area contributed by atoms with Crippen LogP contribution >= 0.6 is 0 Å². The second-order valence-corrected chi connectivity index (χ2v) is 8.31. The minimum Gasteiger partial charge on any atom is -0.495 e. The van der Waals surface area contributed by atoms with E-state index in [1.165, 1.54) is 17.5 Å². The molecule has 0 spiro atoms. The molecule has 1 N–H and O–H groups in total. The molecule has 3 rings (SSSR count). The van der Waals surface area contributed by atoms with Gasteiger partial charge in [0.15, 0.2) is 0 Å². The Morgan fingerprint density at radius 3 is 2.77 bits per heavy atom. The molecule has 1 aromatic carbocycles. The fraction of sp³-hybridized carbons (Fsp3) is 0.500. The summed E-state index contributed by atoms with van der Waals surface area (Å²) in [6.45, 7) is 1.34. The Kier molecular flexibility index (Phi) is 5.95. The Morgan fingerprint density at radius 1 is 1.35 bits per heavy atom. The van der Waals surface area contributed by atoms with Crippen molar-refractivity contribution in [3.8, 4) is 5.75 Å². The molecule has 142 valence electrons. The SMILES string of the molecule is COc1ccc(NC(=O)C[C@@H]2C=CCC2)cc1S(=O)(=O)N1CCOCC1. The van der Waals surface area contributed by atoms with E-state index in [0.29, 0.717) is 38.4 Å². The third kappa shape index (κ3) is 4.25. The van der Waals surface area contributed by atoms with Gasteiger partial charge in [0.25, 0.3) is 0 Å². The molecule has 1 aliphatic heterocycles. The summed E-state index contributed by atoms with van der Waals surface area (Å²) in [6, 6.07) is 4.68. The summed E-state index contributed by atoms with van der Waals surface area (Å²) in [5.41, 5.74) is 0.449. The third-order valence-electron chi connectivity index (χ3n) is 4.60. The molecule has 26 heavy (non-hydrogen) atoms. The second kappa shape index (κ2) is 8.20. The molecule has 7 nitrogen and oxygen atoms in total. The van der Waals surface area contributed by atoms with E-state index in [9.17, 15) is 13.2 Å². The number of morpholine rings is 1. The quantitative estimate of drug-likeness (QED) is 0.763. The summed E-state index contributed by atoms with van der Waals surface area (Å²) < 4.78 is 37.7. The summed E-state index contributed by atoms with van der Waals surface area (Å²) in [5.74, 6) is 0.388. The molecule has 0 bridgehead atoms. The molecule has 0 saturated carbocycles. The Labute approximate surface area is 154 Å². The number of allylic oxidation sites excluding steroid dienone is 2. The zero-order chi connectivity index (χ0) is 18.6. The molecule has 1 aromatic rings. The molecule has 1 saturated heterocycles. The van der Waals surface area contributed by atoms with E-state index < -0.39 is 10.0 Å².